The number of Topliss-reactive ketones (excluding diaryl/α,β-unsaturated/α-hetero) is 1. The summed E-state index contributed by atoms with van der Waals surface area (Å²) in [6.07, 6.45) is 0. The number of ketones is 1. The first-order valence-corrected chi connectivity index (χ1v) is 13.6. The fraction of sp³-hybridized carbons (Fsp3) is 0.200. The highest BCUT2D eigenvalue weighted by Crippen LogP contribution is 2.45. The number of fused-ring (bicyclic) bond motifs is 1. The fourth-order valence-electron chi connectivity index (χ4n) is 4.78. The van der Waals surface area contributed by atoms with Gasteiger partial charge in [-0.15, -0.1) is 10.2 Å². The molecule has 1 amide bonds. The van der Waals surface area contributed by atoms with Gasteiger partial charge in [-0.05, 0) is 48.4 Å². The molecule has 208 valence electrons. The zero-order chi connectivity index (χ0) is 28.5. The number of methoxy groups -OCH3 is 1. The van der Waals surface area contributed by atoms with E-state index in [1.165, 1.54) is 23.3 Å². The average molecular weight is 572 g/mol. The Morgan fingerprint density at radius 2 is 1.78 bits per heavy atom. The number of carbonyl (C=O) groups is 2. The number of aryl methyl sites for hydroxylation is 1. The summed E-state index contributed by atoms with van der Waals surface area (Å²) < 4.78 is 22.9. The molecule has 0 bridgehead atoms. The molecule has 1 atom stereocenters. The minimum Gasteiger partial charge on any atom is -0.507 e. The summed E-state index contributed by atoms with van der Waals surface area (Å²) in [6.45, 7) is 2.85. The average Bonchev–Trinajstić information content (AvgIpc) is 3.55. The number of hydrogen-bond acceptors (Lipinski definition) is 10. The third-order valence-electron chi connectivity index (χ3n) is 6.72. The summed E-state index contributed by atoms with van der Waals surface area (Å²) in [5.74, 6) is -0.172. The second kappa shape index (κ2) is 10.9. The number of ether oxygens (including phenoxy) is 4. The smallest absolute Gasteiger partial charge is 0.301 e. The Morgan fingerprint density at radius 3 is 2.51 bits per heavy atom. The van der Waals surface area contributed by atoms with Gasteiger partial charge >= 0.3 is 5.91 Å². The Hall–Kier alpha value is -4.90. The van der Waals surface area contributed by atoms with Gasteiger partial charge in [0, 0.05) is 5.56 Å². The van der Waals surface area contributed by atoms with Crippen molar-refractivity contribution in [2.45, 2.75) is 19.6 Å². The predicted molar refractivity (Wildman–Crippen MR) is 151 cm³/mol. The normalized spacial score (nSPS) is 17.5. The molecule has 0 saturated carbocycles. The van der Waals surface area contributed by atoms with Gasteiger partial charge in [-0.25, -0.2) is 0 Å². The number of aromatic nitrogens is 2. The van der Waals surface area contributed by atoms with Crippen molar-refractivity contribution < 1.29 is 33.6 Å². The van der Waals surface area contributed by atoms with Gasteiger partial charge in [0.2, 0.25) is 5.13 Å². The molecule has 3 aromatic carbocycles. The SMILES string of the molecule is COc1cc([C@@H]2C(=C(O)c3ccc4c(c3)OCCO4)C(=O)C(=O)N2c2nnc(C)s2)ccc1OCc1ccccc1. The van der Waals surface area contributed by atoms with Crippen molar-refractivity contribution in [3.63, 3.8) is 0 Å². The topological polar surface area (TPSA) is 120 Å². The Balaban J connectivity index is 1.44. The highest BCUT2D eigenvalue weighted by atomic mass is 32.1. The maximum atomic E-state index is 13.5. The zero-order valence-electron chi connectivity index (χ0n) is 22.2. The van der Waals surface area contributed by atoms with Crippen molar-refractivity contribution in [3.8, 4) is 23.0 Å². The zero-order valence-corrected chi connectivity index (χ0v) is 23.0. The molecule has 10 nitrogen and oxygen atoms in total. The first-order valence-electron chi connectivity index (χ1n) is 12.8. The van der Waals surface area contributed by atoms with E-state index in [0.29, 0.717) is 59.0 Å². The van der Waals surface area contributed by atoms with E-state index in [2.05, 4.69) is 10.2 Å². The number of benzene rings is 3. The Bertz CT molecular complexity index is 1670. The number of hydrogen-bond donors (Lipinski definition) is 1. The molecule has 1 N–H and O–H groups in total. The molecule has 41 heavy (non-hydrogen) atoms. The van der Waals surface area contributed by atoms with Crippen LogP contribution < -0.4 is 23.8 Å². The van der Waals surface area contributed by atoms with Gasteiger partial charge in [0.1, 0.15) is 30.6 Å². The van der Waals surface area contributed by atoms with E-state index in [0.717, 1.165) is 5.56 Å². The molecule has 1 aromatic heterocycles. The predicted octanol–water partition coefficient (Wildman–Crippen LogP) is 4.83. The molecular formula is C30H25N3O7S. The van der Waals surface area contributed by atoms with Gasteiger partial charge in [0.05, 0.1) is 18.7 Å². The summed E-state index contributed by atoms with van der Waals surface area (Å²) in [7, 11) is 1.51. The highest BCUT2D eigenvalue weighted by Gasteiger charge is 2.48. The van der Waals surface area contributed by atoms with Crippen LogP contribution in [-0.4, -0.2) is 47.3 Å². The maximum absolute atomic E-state index is 13.5. The lowest BCUT2D eigenvalue weighted by Gasteiger charge is -2.24. The molecule has 0 radical (unpaired) electrons. The molecule has 1 fully saturated rings. The molecule has 1 saturated heterocycles. The molecule has 0 aliphatic carbocycles. The number of carbonyl (C=O) groups excluding carboxylic acids is 2. The van der Waals surface area contributed by atoms with Gasteiger partial charge < -0.3 is 24.1 Å². The first-order chi connectivity index (χ1) is 19.9. The molecule has 0 spiro atoms. The van der Waals surface area contributed by atoms with Gasteiger partial charge in [-0.3, -0.25) is 14.5 Å². The number of anilines is 1. The van der Waals surface area contributed by atoms with Crippen LogP contribution in [0.15, 0.2) is 72.3 Å². The van der Waals surface area contributed by atoms with Crippen molar-refractivity contribution in [1.29, 1.82) is 0 Å². The molecular weight excluding hydrogens is 546 g/mol. The quantitative estimate of drug-likeness (QED) is 0.189. The van der Waals surface area contributed by atoms with Gasteiger partial charge in [-0.2, -0.15) is 0 Å². The Morgan fingerprint density at radius 1 is 1.00 bits per heavy atom. The number of nitrogens with zero attached hydrogens (tertiary/aromatic N) is 3. The van der Waals surface area contributed by atoms with Crippen molar-refractivity contribution in [2.24, 2.45) is 0 Å². The molecule has 6 rings (SSSR count). The standard InChI is InChI=1S/C30H25N3O7S/c1-17-31-32-30(41-17)33-26(19-8-10-21(23(14-19)37-2)40-16-18-6-4-3-5-7-18)25(28(35)29(33)36)27(34)20-9-11-22-24(15-20)39-13-12-38-22/h3-11,14-15,26,34H,12-13,16H2,1-2H3/t26-/m1/s1. The lowest BCUT2D eigenvalue weighted by molar-refractivity contribution is -0.132. The van der Waals surface area contributed by atoms with E-state index in [4.69, 9.17) is 18.9 Å². The summed E-state index contributed by atoms with van der Waals surface area (Å²) in [4.78, 5) is 28.2. The number of amides is 1. The Labute approximate surface area is 239 Å². The first kappa shape index (κ1) is 26.3. The van der Waals surface area contributed by atoms with Crippen molar-refractivity contribution in [1.82, 2.24) is 10.2 Å². The second-order valence-electron chi connectivity index (χ2n) is 9.32. The Kier molecular flexibility index (Phi) is 7.02. The summed E-state index contributed by atoms with van der Waals surface area (Å²) in [5.41, 5.74) is 1.71. The van der Waals surface area contributed by atoms with E-state index in [9.17, 15) is 14.7 Å². The van der Waals surface area contributed by atoms with Crippen LogP contribution in [0.3, 0.4) is 0 Å². The third kappa shape index (κ3) is 4.95. The van der Waals surface area contributed by atoms with Crippen LogP contribution in [0.2, 0.25) is 0 Å². The molecule has 4 aromatic rings. The van der Waals surface area contributed by atoms with Crippen LogP contribution in [0, 0.1) is 6.92 Å². The van der Waals surface area contributed by atoms with Crippen LogP contribution in [-0.2, 0) is 16.2 Å². The maximum Gasteiger partial charge on any atom is 0.301 e. The lowest BCUT2D eigenvalue weighted by Crippen LogP contribution is -2.29. The van der Waals surface area contributed by atoms with E-state index in [1.807, 2.05) is 30.3 Å². The minimum atomic E-state index is -1.01. The highest BCUT2D eigenvalue weighted by molar-refractivity contribution is 7.15. The van der Waals surface area contributed by atoms with E-state index >= 15 is 0 Å². The van der Waals surface area contributed by atoms with Crippen molar-refractivity contribution >= 4 is 33.9 Å². The number of aliphatic hydroxyl groups excluding tert-OH is 1. The van der Waals surface area contributed by atoms with E-state index in [-0.39, 0.29) is 16.5 Å². The molecule has 0 unspecified atom stereocenters. The van der Waals surface area contributed by atoms with Crippen LogP contribution in [0.5, 0.6) is 23.0 Å². The lowest BCUT2D eigenvalue weighted by atomic mass is 9.95. The van der Waals surface area contributed by atoms with Crippen molar-refractivity contribution in [2.75, 3.05) is 25.2 Å². The molecule has 11 heteroatoms. The number of rotatable bonds is 7. The summed E-state index contributed by atoms with van der Waals surface area (Å²) in [6, 6.07) is 18.7. The fourth-order valence-corrected chi connectivity index (χ4v) is 5.50. The molecule has 2 aliphatic rings. The van der Waals surface area contributed by atoms with Crippen LogP contribution in [0.25, 0.3) is 5.76 Å². The van der Waals surface area contributed by atoms with Gasteiger partial charge in [0.25, 0.3) is 5.78 Å². The largest absolute Gasteiger partial charge is 0.507 e. The van der Waals surface area contributed by atoms with Crippen LogP contribution >= 0.6 is 11.3 Å². The van der Waals surface area contributed by atoms with Gasteiger partial charge in [-0.1, -0.05) is 47.7 Å². The van der Waals surface area contributed by atoms with E-state index in [1.54, 1.807) is 43.3 Å². The molecule has 2 aliphatic heterocycles. The third-order valence-corrected chi connectivity index (χ3v) is 7.56. The van der Waals surface area contributed by atoms with Crippen molar-refractivity contribution in [3.05, 3.63) is 94.0 Å². The monoisotopic (exact) mass is 571 g/mol. The summed E-state index contributed by atoms with van der Waals surface area (Å²) in [5, 5.41) is 20.5. The minimum absolute atomic E-state index is 0.0977. The summed E-state index contributed by atoms with van der Waals surface area (Å²) >= 11 is 1.17. The van der Waals surface area contributed by atoms with Gasteiger partial charge in [0.15, 0.2) is 23.0 Å². The molecule has 3 heterocycles. The van der Waals surface area contributed by atoms with Crippen LogP contribution in [0.1, 0.15) is 27.7 Å². The van der Waals surface area contributed by atoms with E-state index < -0.39 is 17.7 Å². The van der Waals surface area contributed by atoms with Crippen LogP contribution in [0.4, 0.5) is 5.13 Å². The second-order valence-corrected chi connectivity index (χ2v) is 10.5. The number of aliphatic hydroxyl groups is 1.